The van der Waals surface area contributed by atoms with Crippen LogP contribution >= 0.6 is 11.3 Å². The van der Waals surface area contributed by atoms with Gasteiger partial charge in [0.25, 0.3) is 11.8 Å². The Morgan fingerprint density at radius 3 is 2.63 bits per heavy atom. The fourth-order valence-electron chi connectivity index (χ4n) is 2.66. The number of thiophene rings is 1. The van der Waals surface area contributed by atoms with Crippen molar-refractivity contribution in [2.24, 2.45) is 0 Å². The maximum Gasteiger partial charge on any atom is 0.323 e. The van der Waals surface area contributed by atoms with Gasteiger partial charge in [0.2, 0.25) is 0 Å². The summed E-state index contributed by atoms with van der Waals surface area (Å²) in [6, 6.07) is 8.12. The molecule has 0 spiro atoms. The van der Waals surface area contributed by atoms with Gasteiger partial charge in [0.1, 0.15) is 13.3 Å². The molecule has 1 aliphatic heterocycles. The molecule has 1 unspecified atom stereocenters. The van der Waals surface area contributed by atoms with E-state index in [0.29, 0.717) is 17.1 Å². The fraction of sp³-hybridized carbons (Fsp3) is 0.188. The van der Waals surface area contributed by atoms with Gasteiger partial charge in [0, 0.05) is 10.6 Å². The molecule has 0 fully saturated rings. The molecule has 11 heteroatoms. The Hall–Kier alpha value is -2.60. The standard InChI is InChI=1S/C16H14N2O7S2/c19-14(20)8-18-15(21)12-4-3-10(6-13(12)16(18)22)17(9-25-27(23)24)7-11-2-1-5-26-11/h1-6H,7-9H2,(H,19,20)(H,23,24)/p-1. The molecule has 1 N–H and O–H groups in total. The van der Waals surface area contributed by atoms with Crippen LogP contribution in [0.2, 0.25) is 0 Å². The van der Waals surface area contributed by atoms with Gasteiger partial charge in [-0.1, -0.05) is 6.07 Å². The Labute approximate surface area is 160 Å². The van der Waals surface area contributed by atoms with Gasteiger partial charge in [-0.15, -0.1) is 11.3 Å². The first-order valence-electron chi connectivity index (χ1n) is 7.58. The zero-order valence-corrected chi connectivity index (χ0v) is 15.3. The van der Waals surface area contributed by atoms with Crippen LogP contribution in [-0.4, -0.2) is 49.8 Å². The second-order valence-electron chi connectivity index (χ2n) is 5.55. The van der Waals surface area contributed by atoms with Crippen LogP contribution in [0.25, 0.3) is 0 Å². The summed E-state index contributed by atoms with van der Waals surface area (Å²) in [6.45, 7) is -0.679. The molecule has 0 aliphatic carbocycles. The normalized spacial score (nSPS) is 14.3. The topological polar surface area (TPSA) is 127 Å². The minimum absolute atomic E-state index is 0.0678. The van der Waals surface area contributed by atoms with E-state index < -0.39 is 35.7 Å². The van der Waals surface area contributed by atoms with Crippen molar-refractivity contribution in [3.63, 3.8) is 0 Å². The number of imide groups is 1. The molecule has 3 rings (SSSR count). The summed E-state index contributed by atoms with van der Waals surface area (Å²) in [4.78, 5) is 38.7. The number of benzene rings is 1. The number of anilines is 1. The van der Waals surface area contributed by atoms with Crippen molar-refractivity contribution >= 4 is 46.2 Å². The predicted molar refractivity (Wildman–Crippen MR) is 94.8 cm³/mol. The van der Waals surface area contributed by atoms with Crippen LogP contribution in [0, 0.1) is 0 Å². The lowest BCUT2D eigenvalue weighted by Gasteiger charge is -2.24. The van der Waals surface area contributed by atoms with E-state index in [1.165, 1.54) is 23.5 Å². The van der Waals surface area contributed by atoms with Gasteiger partial charge in [0.15, 0.2) is 0 Å². The SMILES string of the molecule is O=C(O)CN1C(=O)c2ccc(N(COS(=O)[O-])Cc3cccs3)cc2C1=O. The lowest BCUT2D eigenvalue weighted by atomic mass is 10.1. The highest BCUT2D eigenvalue weighted by Crippen LogP contribution is 2.28. The van der Waals surface area contributed by atoms with Gasteiger partial charge in [-0.25, -0.2) is 4.21 Å². The number of carbonyl (C=O) groups excluding carboxylic acids is 2. The van der Waals surface area contributed by atoms with Gasteiger partial charge in [0.05, 0.1) is 29.0 Å². The van der Waals surface area contributed by atoms with E-state index in [9.17, 15) is 23.1 Å². The maximum absolute atomic E-state index is 12.4. The van der Waals surface area contributed by atoms with Crippen molar-refractivity contribution in [3.05, 3.63) is 51.7 Å². The van der Waals surface area contributed by atoms with Crippen LogP contribution in [-0.2, 0) is 26.9 Å². The fourth-order valence-corrected chi connectivity index (χ4v) is 3.60. The van der Waals surface area contributed by atoms with Crippen molar-refractivity contribution in [1.82, 2.24) is 4.90 Å². The quantitative estimate of drug-likeness (QED) is 0.391. The van der Waals surface area contributed by atoms with Crippen molar-refractivity contribution in [2.75, 3.05) is 18.2 Å². The highest BCUT2D eigenvalue weighted by Gasteiger charge is 2.37. The average Bonchev–Trinajstić information content (AvgIpc) is 3.21. The summed E-state index contributed by atoms with van der Waals surface area (Å²) in [5.74, 6) is -2.68. The van der Waals surface area contributed by atoms with Crippen molar-refractivity contribution in [2.45, 2.75) is 6.54 Å². The van der Waals surface area contributed by atoms with Crippen molar-refractivity contribution in [3.8, 4) is 0 Å². The van der Waals surface area contributed by atoms with E-state index in [4.69, 9.17) is 5.11 Å². The minimum Gasteiger partial charge on any atom is -0.750 e. The first-order valence-corrected chi connectivity index (χ1v) is 9.46. The van der Waals surface area contributed by atoms with Gasteiger partial charge >= 0.3 is 5.97 Å². The zero-order chi connectivity index (χ0) is 19.6. The summed E-state index contributed by atoms with van der Waals surface area (Å²) in [5.41, 5.74) is 0.637. The molecule has 0 bridgehead atoms. The molecular formula is C16H13N2O7S2-. The summed E-state index contributed by atoms with van der Waals surface area (Å²) in [5, 5.41) is 10.7. The molecule has 0 saturated heterocycles. The molecular weight excluding hydrogens is 396 g/mol. The van der Waals surface area contributed by atoms with Crippen LogP contribution in [0.5, 0.6) is 0 Å². The number of carbonyl (C=O) groups is 3. The number of carboxylic acids is 1. The Balaban J connectivity index is 1.90. The van der Waals surface area contributed by atoms with E-state index >= 15 is 0 Å². The highest BCUT2D eigenvalue weighted by atomic mass is 32.2. The second kappa shape index (κ2) is 7.96. The number of hydrogen-bond acceptors (Lipinski definition) is 8. The molecule has 1 aromatic carbocycles. The summed E-state index contributed by atoms with van der Waals surface area (Å²) in [7, 11) is 0. The number of aliphatic carboxylic acids is 1. The number of fused-ring (bicyclic) bond motifs is 1. The van der Waals surface area contributed by atoms with Gasteiger partial charge in [-0.3, -0.25) is 23.5 Å². The van der Waals surface area contributed by atoms with E-state index in [0.717, 1.165) is 4.88 Å². The Morgan fingerprint density at radius 1 is 1.26 bits per heavy atom. The molecule has 0 saturated carbocycles. The molecule has 1 atom stereocenters. The molecule has 2 aromatic rings. The highest BCUT2D eigenvalue weighted by molar-refractivity contribution is 7.74. The van der Waals surface area contributed by atoms with Gasteiger partial charge in [-0.2, -0.15) is 0 Å². The lowest BCUT2D eigenvalue weighted by Crippen LogP contribution is -2.34. The van der Waals surface area contributed by atoms with Crippen LogP contribution in [0.4, 0.5) is 5.69 Å². The Bertz CT molecular complexity index is 913. The predicted octanol–water partition coefficient (Wildman–Crippen LogP) is 1.20. The number of nitrogens with zero attached hydrogens (tertiary/aromatic N) is 2. The third kappa shape index (κ3) is 4.22. The molecule has 0 radical (unpaired) electrons. The van der Waals surface area contributed by atoms with E-state index in [1.54, 1.807) is 11.0 Å². The van der Waals surface area contributed by atoms with Gasteiger partial charge in [-0.05, 0) is 29.6 Å². The number of hydrogen-bond donors (Lipinski definition) is 1. The summed E-state index contributed by atoms with van der Waals surface area (Å²) < 4.78 is 26.2. The van der Waals surface area contributed by atoms with E-state index in [-0.39, 0.29) is 17.9 Å². The first-order chi connectivity index (χ1) is 12.9. The molecule has 2 heterocycles. The number of carboxylic acid groups (broad SMARTS) is 1. The second-order valence-corrected chi connectivity index (χ2v) is 7.22. The lowest BCUT2D eigenvalue weighted by molar-refractivity contribution is -0.137. The molecule has 2 amide bonds. The maximum atomic E-state index is 12.4. The van der Waals surface area contributed by atoms with Crippen LogP contribution in [0.15, 0.2) is 35.7 Å². The molecule has 27 heavy (non-hydrogen) atoms. The van der Waals surface area contributed by atoms with Gasteiger partial charge < -0.3 is 14.6 Å². The molecule has 9 nitrogen and oxygen atoms in total. The van der Waals surface area contributed by atoms with E-state index in [1.807, 2.05) is 17.5 Å². The summed E-state index contributed by atoms with van der Waals surface area (Å²) in [6.07, 6.45) is 0. The van der Waals surface area contributed by atoms with Crippen molar-refractivity contribution < 1.29 is 32.4 Å². The number of amides is 2. The zero-order valence-electron chi connectivity index (χ0n) is 13.7. The van der Waals surface area contributed by atoms with Crippen LogP contribution < -0.4 is 4.90 Å². The Kier molecular flexibility index (Phi) is 5.65. The third-order valence-corrected chi connectivity index (χ3v) is 5.00. The van der Waals surface area contributed by atoms with Crippen LogP contribution in [0.1, 0.15) is 25.6 Å². The molecule has 1 aliphatic rings. The third-order valence-electron chi connectivity index (χ3n) is 3.84. The molecule has 1 aromatic heterocycles. The first kappa shape index (κ1) is 19.2. The summed E-state index contributed by atoms with van der Waals surface area (Å²) >= 11 is -1.25. The number of rotatable bonds is 8. The monoisotopic (exact) mass is 409 g/mol. The average molecular weight is 409 g/mol. The smallest absolute Gasteiger partial charge is 0.323 e. The largest absolute Gasteiger partial charge is 0.750 e. The van der Waals surface area contributed by atoms with Crippen LogP contribution in [0.3, 0.4) is 0 Å². The van der Waals surface area contributed by atoms with Crippen molar-refractivity contribution in [1.29, 1.82) is 0 Å². The molecule has 142 valence electrons. The Morgan fingerprint density at radius 2 is 2.00 bits per heavy atom. The minimum atomic E-state index is -2.72. The van der Waals surface area contributed by atoms with E-state index in [2.05, 4.69) is 4.18 Å².